The van der Waals surface area contributed by atoms with Crippen molar-refractivity contribution in [3.05, 3.63) is 76.4 Å². The molecule has 3 N–H and O–H groups in total. The predicted molar refractivity (Wildman–Crippen MR) is 137 cm³/mol. The Morgan fingerprint density at radius 1 is 1.12 bits per heavy atom. The van der Waals surface area contributed by atoms with Crippen molar-refractivity contribution in [1.29, 1.82) is 0 Å². The molecule has 2 aliphatic rings. The summed E-state index contributed by atoms with van der Waals surface area (Å²) in [6.07, 6.45) is 6.96. The summed E-state index contributed by atoms with van der Waals surface area (Å²) in [7, 11) is 1.61. The van der Waals surface area contributed by atoms with Gasteiger partial charge in [0.1, 0.15) is 23.9 Å². The Bertz CT molecular complexity index is 1220. The summed E-state index contributed by atoms with van der Waals surface area (Å²) in [4.78, 5) is 16.8. The molecule has 2 aromatic carbocycles. The zero-order valence-electron chi connectivity index (χ0n) is 19.0. The molecule has 0 saturated carbocycles. The van der Waals surface area contributed by atoms with Gasteiger partial charge in [-0.2, -0.15) is 0 Å². The minimum Gasteiger partial charge on any atom is -0.497 e. The number of aromatic nitrogens is 1. The van der Waals surface area contributed by atoms with E-state index in [1.807, 2.05) is 24.3 Å². The highest BCUT2D eigenvalue weighted by atomic mass is 35.5. The Morgan fingerprint density at radius 2 is 1.91 bits per heavy atom. The highest BCUT2D eigenvalue weighted by Crippen LogP contribution is 2.36. The van der Waals surface area contributed by atoms with Crippen LogP contribution in [-0.4, -0.2) is 31.5 Å². The lowest BCUT2D eigenvalue weighted by atomic mass is 9.90. The van der Waals surface area contributed by atoms with Gasteiger partial charge in [0.25, 0.3) is 0 Å². The molecule has 1 aromatic heterocycles. The van der Waals surface area contributed by atoms with Crippen molar-refractivity contribution in [1.82, 2.24) is 15.6 Å². The van der Waals surface area contributed by atoms with Crippen molar-refractivity contribution in [2.75, 3.05) is 25.5 Å². The predicted octanol–water partition coefficient (Wildman–Crippen LogP) is 5.44. The number of hydrogen-bond donors (Lipinski definition) is 3. The van der Waals surface area contributed by atoms with Crippen molar-refractivity contribution >= 4 is 35.5 Å². The van der Waals surface area contributed by atoms with Crippen LogP contribution in [0.4, 0.5) is 11.5 Å². The number of ether oxygens (including phenoxy) is 1. The van der Waals surface area contributed by atoms with Crippen LogP contribution in [-0.2, 0) is 4.79 Å². The Hall–Kier alpha value is -3.35. The quantitative estimate of drug-likeness (QED) is 0.413. The van der Waals surface area contributed by atoms with Crippen LogP contribution in [0, 0.1) is 0 Å². The molecule has 5 rings (SSSR count). The molecular weight excluding hydrogens is 448 g/mol. The third-order valence-electron chi connectivity index (χ3n) is 6.46. The topological polar surface area (TPSA) is 75.3 Å². The lowest BCUT2D eigenvalue weighted by molar-refractivity contribution is -0.109. The molecule has 34 heavy (non-hydrogen) atoms. The van der Waals surface area contributed by atoms with Gasteiger partial charge in [0.05, 0.1) is 12.8 Å². The van der Waals surface area contributed by atoms with E-state index in [1.54, 1.807) is 19.4 Å². The Morgan fingerprint density at radius 3 is 2.65 bits per heavy atom. The van der Waals surface area contributed by atoms with Crippen LogP contribution in [0.25, 0.3) is 17.3 Å². The number of nitrogens with one attached hydrogen (secondary N) is 3. The first-order valence-electron chi connectivity index (χ1n) is 11.5. The average Bonchev–Trinajstić information content (AvgIpc) is 2.88. The van der Waals surface area contributed by atoms with Gasteiger partial charge in [-0.25, -0.2) is 4.98 Å². The molecule has 7 heteroatoms. The summed E-state index contributed by atoms with van der Waals surface area (Å²) in [5.41, 5.74) is 5.60. The van der Waals surface area contributed by atoms with E-state index in [2.05, 4.69) is 40.2 Å². The second kappa shape index (κ2) is 9.87. The number of fused-ring (bicyclic) bond motifs is 1. The number of rotatable bonds is 6. The maximum absolute atomic E-state index is 11.8. The number of methoxy groups -OCH3 is 1. The summed E-state index contributed by atoms with van der Waals surface area (Å²) in [6, 6.07) is 15.6. The second-order valence-electron chi connectivity index (χ2n) is 8.62. The molecule has 0 bridgehead atoms. The molecule has 1 saturated heterocycles. The number of anilines is 2. The number of nitrogens with zero attached hydrogens (tertiary/aromatic N) is 1. The Labute approximate surface area is 204 Å². The number of halogens is 1. The molecule has 2 aliphatic heterocycles. The smallest absolute Gasteiger partial charge is 0.146 e. The largest absolute Gasteiger partial charge is 0.497 e. The SMILES string of the molecule is COc1cc(Cl)cc(-c2cc3c(c(Nc4ccc(C5CCNCC5)cc4)n2)C(C=O)NC=C3)c1. The molecule has 0 amide bonds. The van der Waals surface area contributed by atoms with Gasteiger partial charge in [0.2, 0.25) is 0 Å². The van der Waals surface area contributed by atoms with E-state index in [4.69, 9.17) is 21.3 Å². The van der Waals surface area contributed by atoms with Crippen LogP contribution in [0.2, 0.25) is 5.02 Å². The zero-order chi connectivity index (χ0) is 23.5. The summed E-state index contributed by atoms with van der Waals surface area (Å²) in [5, 5.41) is 10.6. The number of aldehydes is 1. The van der Waals surface area contributed by atoms with Crippen LogP contribution in [0.3, 0.4) is 0 Å². The fourth-order valence-electron chi connectivity index (χ4n) is 4.67. The van der Waals surface area contributed by atoms with E-state index in [-0.39, 0.29) is 0 Å². The molecule has 174 valence electrons. The molecule has 3 aromatic rings. The third-order valence-corrected chi connectivity index (χ3v) is 6.68. The standard InChI is InChI=1S/C27H27ClN4O2/c1-34-23-13-20(12-21(28)15-23)24-14-19-8-11-30-25(16-33)26(19)27(32-24)31-22-4-2-17(3-5-22)18-6-9-29-10-7-18/h2-5,8,11-16,18,25,29-30H,6-7,9-10H2,1H3,(H,31,32). The Balaban J connectivity index is 1.53. The van der Waals surface area contributed by atoms with Crippen LogP contribution < -0.4 is 20.7 Å². The van der Waals surface area contributed by atoms with Gasteiger partial charge in [-0.1, -0.05) is 23.7 Å². The number of carbonyl (C=O) groups excluding carboxylic acids is 1. The lowest BCUT2D eigenvalue weighted by Crippen LogP contribution is -2.26. The second-order valence-corrected chi connectivity index (χ2v) is 9.06. The van der Waals surface area contributed by atoms with Crippen molar-refractivity contribution in [3.63, 3.8) is 0 Å². The molecule has 0 aliphatic carbocycles. The summed E-state index contributed by atoms with van der Waals surface area (Å²) in [6.45, 7) is 2.13. The number of pyridine rings is 1. The number of piperidine rings is 1. The van der Waals surface area contributed by atoms with Crippen molar-refractivity contribution in [2.24, 2.45) is 0 Å². The normalized spacial score (nSPS) is 17.5. The molecule has 3 heterocycles. The first-order chi connectivity index (χ1) is 16.6. The van der Waals surface area contributed by atoms with Crippen molar-refractivity contribution in [3.8, 4) is 17.0 Å². The van der Waals surface area contributed by atoms with Gasteiger partial charge in [0, 0.05) is 21.8 Å². The van der Waals surface area contributed by atoms with Crippen LogP contribution in [0.5, 0.6) is 5.75 Å². The van der Waals surface area contributed by atoms with Crippen molar-refractivity contribution in [2.45, 2.75) is 24.8 Å². The van der Waals surface area contributed by atoms with E-state index in [9.17, 15) is 4.79 Å². The first kappa shape index (κ1) is 22.4. The fraction of sp³-hybridized carbons (Fsp3) is 0.259. The fourth-order valence-corrected chi connectivity index (χ4v) is 4.90. The van der Waals surface area contributed by atoms with Crippen LogP contribution in [0.1, 0.15) is 41.5 Å². The minimum atomic E-state index is -0.480. The minimum absolute atomic E-state index is 0.480. The van der Waals surface area contributed by atoms with Gasteiger partial charge >= 0.3 is 0 Å². The maximum Gasteiger partial charge on any atom is 0.146 e. The summed E-state index contributed by atoms with van der Waals surface area (Å²) in [5.74, 6) is 1.89. The first-order valence-corrected chi connectivity index (χ1v) is 11.9. The Kier molecular flexibility index (Phi) is 6.52. The maximum atomic E-state index is 11.8. The highest BCUT2D eigenvalue weighted by Gasteiger charge is 2.23. The van der Waals surface area contributed by atoms with Gasteiger partial charge < -0.3 is 25.5 Å². The molecular formula is C27H27ClN4O2. The van der Waals surface area contributed by atoms with E-state index in [0.717, 1.165) is 60.3 Å². The zero-order valence-corrected chi connectivity index (χ0v) is 19.7. The molecule has 1 atom stereocenters. The third kappa shape index (κ3) is 4.65. The number of hydrogen-bond acceptors (Lipinski definition) is 6. The monoisotopic (exact) mass is 474 g/mol. The average molecular weight is 475 g/mol. The highest BCUT2D eigenvalue weighted by molar-refractivity contribution is 6.31. The van der Waals surface area contributed by atoms with E-state index in [0.29, 0.717) is 22.5 Å². The van der Waals surface area contributed by atoms with E-state index < -0.39 is 6.04 Å². The van der Waals surface area contributed by atoms with Crippen molar-refractivity contribution < 1.29 is 9.53 Å². The van der Waals surface area contributed by atoms with Gasteiger partial charge in [-0.05, 0) is 91.7 Å². The molecule has 1 fully saturated rings. The molecule has 1 unspecified atom stereocenters. The van der Waals surface area contributed by atoms with Crippen LogP contribution in [0.15, 0.2) is 54.7 Å². The van der Waals surface area contributed by atoms with E-state index in [1.165, 1.54) is 5.56 Å². The van der Waals surface area contributed by atoms with Gasteiger partial charge in [-0.3, -0.25) is 0 Å². The summed E-state index contributed by atoms with van der Waals surface area (Å²) < 4.78 is 5.39. The lowest BCUT2D eigenvalue weighted by Gasteiger charge is -2.24. The van der Waals surface area contributed by atoms with E-state index >= 15 is 0 Å². The number of benzene rings is 2. The van der Waals surface area contributed by atoms with Gasteiger partial charge in [0.15, 0.2) is 0 Å². The van der Waals surface area contributed by atoms with Gasteiger partial charge in [-0.15, -0.1) is 0 Å². The molecule has 0 spiro atoms. The molecule has 6 nitrogen and oxygen atoms in total. The summed E-state index contributed by atoms with van der Waals surface area (Å²) >= 11 is 6.32. The number of carbonyl (C=O) groups is 1. The molecule has 0 radical (unpaired) electrons. The van der Waals surface area contributed by atoms with Crippen LogP contribution >= 0.6 is 11.6 Å².